The van der Waals surface area contributed by atoms with Gasteiger partial charge in [-0.1, -0.05) is 13.0 Å². The number of nitrogens with one attached hydrogen (secondary N) is 2. The number of hydrogen-bond donors (Lipinski definition) is 3. The molecular weight excluding hydrogens is 232 g/mol. The molecule has 0 aliphatic carbocycles. The van der Waals surface area contributed by atoms with E-state index >= 15 is 0 Å². The van der Waals surface area contributed by atoms with Crippen LogP contribution in [0, 0.1) is 6.92 Å². The Morgan fingerprint density at radius 2 is 2.06 bits per heavy atom. The topological polar surface area (TPSA) is 78.4 Å². The first kappa shape index (κ1) is 14.0. The predicted molar refractivity (Wildman–Crippen MR) is 70.8 cm³/mol. The van der Waals surface area contributed by atoms with Crippen LogP contribution in [0.25, 0.3) is 0 Å². The fraction of sp³-hybridized carbons (Fsp3) is 0.385. The van der Waals surface area contributed by atoms with Crippen LogP contribution in [0.5, 0.6) is 0 Å². The van der Waals surface area contributed by atoms with Gasteiger partial charge in [0.05, 0.1) is 0 Å². The van der Waals surface area contributed by atoms with Gasteiger partial charge in [0.1, 0.15) is 6.04 Å². The van der Waals surface area contributed by atoms with E-state index in [1.54, 1.807) is 19.1 Å². The van der Waals surface area contributed by atoms with E-state index in [9.17, 15) is 9.59 Å². The molecule has 1 amide bonds. The van der Waals surface area contributed by atoms with E-state index in [4.69, 9.17) is 5.11 Å². The van der Waals surface area contributed by atoms with Crippen LogP contribution in [0.4, 0.5) is 11.4 Å². The van der Waals surface area contributed by atoms with Gasteiger partial charge in [-0.05, 0) is 31.0 Å². The first-order chi connectivity index (χ1) is 8.43. The Morgan fingerprint density at radius 1 is 1.39 bits per heavy atom. The van der Waals surface area contributed by atoms with Crippen molar-refractivity contribution < 1.29 is 14.7 Å². The van der Waals surface area contributed by atoms with Crippen molar-refractivity contribution in [2.75, 3.05) is 10.6 Å². The molecule has 0 aliphatic rings. The lowest BCUT2D eigenvalue weighted by molar-refractivity contribution is -0.138. The zero-order chi connectivity index (χ0) is 13.7. The van der Waals surface area contributed by atoms with E-state index in [-0.39, 0.29) is 5.91 Å². The lowest BCUT2D eigenvalue weighted by Crippen LogP contribution is -2.28. The van der Waals surface area contributed by atoms with E-state index in [0.717, 1.165) is 5.56 Å². The fourth-order valence-corrected chi connectivity index (χ4v) is 1.58. The third kappa shape index (κ3) is 3.76. The third-order valence-corrected chi connectivity index (χ3v) is 2.60. The summed E-state index contributed by atoms with van der Waals surface area (Å²) in [4.78, 5) is 22.0. The monoisotopic (exact) mass is 250 g/mol. The first-order valence-electron chi connectivity index (χ1n) is 5.81. The SMILES string of the molecule is CCC(Nc1ccc(C)c(NC(C)=O)c1)C(=O)O. The molecule has 1 atom stereocenters. The van der Waals surface area contributed by atoms with Crippen molar-refractivity contribution in [2.45, 2.75) is 33.2 Å². The molecule has 5 nitrogen and oxygen atoms in total. The van der Waals surface area contributed by atoms with Crippen molar-refractivity contribution in [3.8, 4) is 0 Å². The summed E-state index contributed by atoms with van der Waals surface area (Å²) in [5.74, 6) is -1.04. The molecule has 18 heavy (non-hydrogen) atoms. The highest BCUT2D eigenvalue weighted by Crippen LogP contribution is 2.21. The second-order valence-corrected chi connectivity index (χ2v) is 4.15. The maximum atomic E-state index is 11.0. The summed E-state index contributed by atoms with van der Waals surface area (Å²) in [5, 5.41) is 14.6. The normalized spacial score (nSPS) is 11.7. The standard InChI is InChI=1S/C13H18N2O3/c1-4-11(13(17)18)15-10-6-5-8(2)12(7-10)14-9(3)16/h5-7,11,15H,4H2,1-3H3,(H,14,16)(H,17,18). The van der Waals surface area contributed by atoms with Crippen molar-refractivity contribution in [3.63, 3.8) is 0 Å². The number of carbonyl (C=O) groups excluding carboxylic acids is 1. The fourth-order valence-electron chi connectivity index (χ4n) is 1.58. The van der Waals surface area contributed by atoms with Gasteiger partial charge >= 0.3 is 5.97 Å². The van der Waals surface area contributed by atoms with E-state index in [1.165, 1.54) is 6.92 Å². The van der Waals surface area contributed by atoms with Crippen LogP contribution in [0.3, 0.4) is 0 Å². The molecule has 0 bridgehead atoms. The molecule has 0 aromatic heterocycles. The molecule has 1 unspecified atom stereocenters. The molecule has 1 aromatic rings. The van der Waals surface area contributed by atoms with Gasteiger partial charge in [0.2, 0.25) is 5.91 Å². The molecule has 5 heteroatoms. The summed E-state index contributed by atoms with van der Waals surface area (Å²) in [6, 6.07) is 4.74. The maximum absolute atomic E-state index is 11.0. The number of carboxylic acid groups (broad SMARTS) is 1. The summed E-state index contributed by atoms with van der Waals surface area (Å²) >= 11 is 0. The second kappa shape index (κ2) is 6.05. The predicted octanol–water partition coefficient (Wildman–Crippen LogP) is 2.23. The minimum absolute atomic E-state index is 0.152. The van der Waals surface area contributed by atoms with Gasteiger partial charge in [0.25, 0.3) is 0 Å². The van der Waals surface area contributed by atoms with Gasteiger partial charge in [0.15, 0.2) is 0 Å². The summed E-state index contributed by atoms with van der Waals surface area (Å²) in [5.41, 5.74) is 2.30. The minimum Gasteiger partial charge on any atom is -0.480 e. The first-order valence-corrected chi connectivity index (χ1v) is 5.81. The molecule has 0 aliphatic heterocycles. The van der Waals surface area contributed by atoms with Crippen LogP contribution in [0.15, 0.2) is 18.2 Å². The van der Waals surface area contributed by atoms with Crippen molar-refractivity contribution in [1.82, 2.24) is 0 Å². The minimum atomic E-state index is -0.890. The highest BCUT2D eigenvalue weighted by atomic mass is 16.4. The van der Waals surface area contributed by atoms with Crippen molar-refractivity contribution in [1.29, 1.82) is 0 Å². The zero-order valence-corrected chi connectivity index (χ0v) is 10.8. The molecule has 98 valence electrons. The number of aryl methyl sites for hydroxylation is 1. The molecule has 3 N–H and O–H groups in total. The lowest BCUT2D eigenvalue weighted by Gasteiger charge is -2.15. The summed E-state index contributed by atoms with van der Waals surface area (Å²) < 4.78 is 0. The molecule has 0 spiro atoms. The molecule has 0 radical (unpaired) electrons. The highest BCUT2D eigenvalue weighted by molar-refractivity contribution is 5.90. The Hall–Kier alpha value is -2.04. The third-order valence-electron chi connectivity index (χ3n) is 2.60. The number of anilines is 2. The summed E-state index contributed by atoms with van der Waals surface area (Å²) in [6.07, 6.45) is 0.485. The Bertz CT molecular complexity index is 458. The number of rotatable bonds is 5. The molecule has 0 saturated carbocycles. The summed E-state index contributed by atoms with van der Waals surface area (Å²) in [6.45, 7) is 5.11. The summed E-state index contributed by atoms with van der Waals surface area (Å²) in [7, 11) is 0. The zero-order valence-electron chi connectivity index (χ0n) is 10.8. The molecule has 1 aromatic carbocycles. The number of benzene rings is 1. The number of carboxylic acids is 1. The van der Waals surface area contributed by atoms with Crippen molar-refractivity contribution >= 4 is 23.3 Å². The molecular formula is C13H18N2O3. The molecule has 0 heterocycles. The average Bonchev–Trinajstić information content (AvgIpc) is 2.29. The molecule has 1 rings (SSSR count). The van der Waals surface area contributed by atoms with E-state index in [1.807, 2.05) is 13.0 Å². The Kier molecular flexibility index (Phi) is 4.71. The van der Waals surface area contributed by atoms with Gasteiger partial charge < -0.3 is 15.7 Å². The van der Waals surface area contributed by atoms with Gasteiger partial charge in [-0.2, -0.15) is 0 Å². The van der Waals surface area contributed by atoms with Crippen LogP contribution in [-0.2, 0) is 9.59 Å². The van der Waals surface area contributed by atoms with E-state index < -0.39 is 12.0 Å². The largest absolute Gasteiger partial charge is 0.480 e. The van der Waals surface area contributed by atoms with Crippen LogP contribution in [0.1, 0.15) is 25.8 Å². The molecule has 0 fully saturated rings. The van der Waals surface area contributed by atoms with Crippen LogP contribution < -0.4 is 10.6 Å². The van der Waals surface area contributed by atoms with E-state index in [2.05, 4.69) is 10.6 Å². The van der Waals surface area contributed by atoms with Gasteiger partial charge in [-0.15, -0.1) is 0 Å². The van der Waals surface area contributed by atoms with Gasteiger partial charge in [-0.3, -0.25) is 4.79 Å². The van der Waals surface area contributed by atoms with Gasteiger partial charge in [0, 0.05) is 18.3 Å². The number of hydrogen-bond acceptors (Lipinski definition) is 3. The average molecular weight is 250 g/mol. The smallest absolute Gasteiger partial charge is 0.326 e. The number of amides is 1. The quantitative estimate of drug-likeness (QED) is 0.748. The number of aliphatic carboxylic acids is 1. The molecule has 0 saturated heterocycles. The Labute approximate surface area is 106 Å². The Balaban J connectivity index is 2.90. The van der Waals surface area contributed by atoms with E-state index in [0.29, 0.717) is 17.8 Å². The number of carbonyl (C=O) groups is 2. The Morgan fingerprint density at radius 3 is 2.56 bits per heavy atom. The highest BCUT2D eigenvalue weighted by Gasteiger charge is 2.14. The van der Waals surface area contributed by atoms with Crippen LogP contribution in [-0.4, -0.2) is 23.0 Å². The maximum Gasteiger partial charge on any atom is 0.326 e. The van der Waals surface area contributed by atoms with Crippen LogP contribution >= 0.6 is 0 Å². The lowest BCUT2D eigenvalue weighted by atomic mass is 10.1. The van der Waals surface area contributed by atoms with Crippen molar-refractivity contribution in [2.24, 2.45) is 0 Å². The van der Waals surface area contributed by atoms with Crippen molar-refractivity contribution in [3.05, 3.63) is 23.8 Å². The van der Waals surface area contributed by atoms with Crippen LogP contribution in [0.2, 0.25) is 0 Å². The second-order valence-electron chi connectivity index (χ2n) is 4.15. The van der Waals surface area contributed by atoms with Gasteiger partial charge in [-0.25, -0.2) is 4.79 Å².